The Kier molecular flexibility index (Phi) is 5.02. The summed E-state index contributed by atoms with van der Waals surface area (Å²) in [6, 6.07) is 16.0. The molecule has 2 aromatic rings. The van der Waals surface area contributed by atoms with Gasteiger partial charge in [0.1, 0.15) is 0 Å². The Morgan fingerprint density at radius 3 is 2.43 bits per heavy atom. The Morgan fingerprint density at radius 1 is 0.957 bits per heavy atom. The van der Waals surface area contributed by atoms with Gasteiger partial charge in [-0.1, -0.05) is 36.4 Å². The van der Waals surface area contributed by atoms with Crippen molar-refractivity contribution in [1.29, 1.82) is 0 Å². The number of nitrogens with zero attached hydrogens (tertiary/aromatic N) is 1. The van der Waals surface area contributed by atoms with Gasteiger partial charge in [-0.25, -0.2) is 0 Å². The van der Waals surface area contributed by atoms with Gasteiger partial charge in [-0.3, -0.25) is 4.90 Å². The van der Waals surface area contributed by atoms with Gasteiger partial charge in [0.2, 0.25) is 0 Å². The molecule has 0 aliphatic carbocycles. The molecule has 0 unspecified atom stereocenters. The normalized spacial score (nSPS) is 16.5. The van der Waals surface area contributed by atoms with E-state index in [2.05, 4.69) is 73.5 Å². The van der Waals surface area contributed by atoms with Gasteiger partial charge in [-0.2, -0.15) is 0 Å². The maximum Gasteiger partial charge on any atom is 0.0374 e. The van der Waals surface area contributed by atoms with Crippen LogP contribution in [0.15, 0.2) is 42.5 Å². The predicted molar refractivity (Wildman–Crippen MR) is 99.0 cm³/mol. The van der Waals surface area contributed by atoms with Gasteiger partial charge in [0.15, 0.2) is 0 Å². The van der Waals surface area contributed by atoms with Crippen molar-refractivity contribution in [3.8, 4) is 0 Å². The quantitative estimate of drug-likeness (QED) is 0.881. The Labute approximate surface area is 140 Å². The van der Waals surface area contributed by atoms with Crippen molar-refractivity contribution < 1.29 is 0 Å². The van der Waals surface area contributed by atoms with Gasteiger partial charge < -0.3 is 5.32 Å². The fraction of sp³-hybridized carbons (Fsp3) is 0.429. The fourth-order valence-electron chi connectivity index (χ4n) is 3.38. The topological polar surface area (TPSA) is 15.3 Å². The van der Waals surface area contributed by atoms with Crippen LogP contribution in [0, 0.1) is 20.8 Å². The van der Waals surface area contributed by atoms with Gasteiger partial charge in [-0.05, 0) is 61.9 Å². The van der Waals surface area contributed by atoms with Crippen molar-refractivity contribution in [2.24, 2.45) is 0 Å². The number of aryl methyl sites for hydroxylation is 3. The first-order valence-electron chi connectivity index (χ1n) is 8.72. The number of hydrogen-bond donors (Lipinski definition) is 1. The van der Waals surface area contributed by atoms with Crippen molar-refractivity contribution in [3.63, 3.8) is 0 Å². The second-order valence-electron chi connectivity index (χ2n) is 6.94. The molecule has 1 aliphatic heterocycles. The van der Waals surface area contributed by atoms with Gasteiger partial charge in [0.25, 0.3) is 0 Å². The zero-order valence-corrected chi connectivity index (χ0v) is 14.6. The minimum atomic E-state index is 0.601. The monoisotopic (exact) mass is 308 g/mol. The predicted octanol–water partition coefficient (Wildman–Crippen LogP) is 4.69. The number of likely N-dealkylation sites (tertiary alicyclic amines) is 1. The molecule has 0 amide bonds. The van der Waals surface area contributed by atoms with Gasteiger partial charge in [0, 0.05) is 31.4 Å². The molecule has 0 bridgehead atoms. The van der Waals surface area contributed by atoms with Crippen molar-refractivity contribution in [2.75, 3.05) is 18.4 Å². The van der Waals surface area contributed by atoms with E-state index in [1.165, 1.54) is 53.9 Å². The molecule has 2 heteroatoms. The average molecular weight is 308 g/mol. The van der Waals surface area contributed by atoms with Crippen LogP contribution < -0.4 is 5.32 Å². The molecule has 2 nitrogen and oxygen atoms in total. The van der Waals surface area contributed by atoms with Gasteiger partial charge in [-0.15, -0.1) is 0 Å². The summed E-state index contributed by atoms with van der Waals surface area (Å²) in [6.45, 7) is 10.0. The summed E-state index contributed by atoms with van der Waals surface area (Å²) in [5.41, 5.74) is 6.85. The van der Waals surface area contributed by atoms with Gasteiger partial charge >= 0.3 is 0 Å². The van der Waals surface area contributed by atoms with E-state index in [1.807, 2.05) is 0 Å². The molecule has 0 spiro atoms. The second kappa shape index (κ2) is 7.18. The highest BCUT2D eigenvalue weighted by Crippen LogP contribution is 2.22. The number of rotatable bonds is 4. The molecule has 1 fully saturated rings. The molecule has 1 saturated heterocycles. The van der Waals surface area contributed by atoms with E-state index in [-0.39, 0.29) is 0 Å². The van der Waals surface area contributed by atoms with Crippen molar-refractivity contribution >= 4 is 5.69 Å². The van der Waals surface area contributed by atoms with Crippen LogP contribution in [0.2, 0.25) is 0 Å². The first-order valence-corrected chi connectivity index (χ1v) is 8.72. The Bertz CT molecular complexity index is 655. The third-order valence-electron chi connectivity index (χ3n) is 5.00. The van der Waals surface area contributed by atoms with E-state index in [9.17, 15) is 0 Å². The zero-order valence-electron chi connectivity index (χ0n) is 14.6. The Balaban J connectivity index is 1.54. The highest BCUT2D eigenvalue weighted by Gasteiger charge is 2.19. The minimum absolute atomic E-state index is 0.601. The largest absolute Gasteiger partial charge is 0.382 e. The Morgan fingerprint density at radius 2 is 1.70 bits per heavy atom. The van der Waals surface area contributed by atoms with Crippen LogP contribution in [0.4, 0.5) is 5.69 Å². The molecule has 1 N–H and O–H groups in total. The average Bonchev–Trinajstić information content (AvgIpc) is 2.55. The summed E-state index contributed by atoms with van der Waals surface area (Å²) in [5, 5.41) is 3.76. The summed E-state index contributed by atoms with van der Waals surface area (Å²) in [5.74, 6) is 0. The first-order chi connectivity index (χ1) is 11.1. The molecular weight excluding hydrogens is 280 g/mol. The molecular formula is C21H28N2. The van der Waals surface area contributed by atoms with Crippen LogP contribution in [0.25, 0.3) is 0 Å². The Hall–Kier alpha value is -1.80. The third-order valence-corrected chi connectivity index (χ3v) is 5.00. The van der Waals surface area contributed by atoms with Crippen LogP contribution in [-0.2, 0) is 6.54 Å². The maximum absolute atomic E-state index is 3.76. The lowest BCUT2D eigenvalue weighted by molar-refractivity contribution is 0.211. The van der Waals surface area contributed by atoms with Crippen LogP contribution in [0.3, 0.4) is 0 Å². The summed E-state index contributed by atoms with van der Waals surface area (Å²) in [7, 11) is 0. The number of hydrogen-bond acceptors (Lipinski definition) is 2. The van der Waals surface area contributed by atoms with E-state index < -0.39 is 0 Å². The number of nitrogens with one attached hydrogen (secondary N) is 1. The standard InChI is InChI=1S/C21H28N2/c1-16-8-9-18(3)21(14-16)22-20-10-12-23(13-11-20)15-19-7-5-4-6-17(19)2/h4-9,14,20,22H,10-13,15H2,1-3H3. The summed E-state index contributed by atoms with van der Waals surface area (Å²) in [4.78, 5) is 2.59. The summed E-state index contributed by atoms with van der Waals surface area (Å²) >= 11 is 0. The van der Waals surface area contributed by atoms with Crippen molar-refractivity contribution in [2.45, 2.75) is 46.2 Å². The first kappa shape index (κ1) is 16.1. The molecule has 0 saturated carbocycles. The van der Waals surface area contributed by atoms with E-state index >= 15 is 0 Å². The van der Waals surface area contributed by atoms with E-state index in [0.717, 1.165) is 6.54 Å². The molecule has 1 aliphatic rings. The lowest BCUT2D eigenvalue weighted by atomic mass is 10.0. The van der Waals surface area contributed by atoms with E-state index in [1.54, 1.807) is 0 Å². The van der Waals surface area contributed by atoms with Gasteiger partial charge in [0.05, 0.1) is 0 Å². The fourth-order valence-corrected chi connectivity index (χ4v) is 3.38. The van der Waals surface area contributed by atoms with Crippen LogP contribution in [0.1, 0.15) is 35.1 Å². The molecule has 0 aromatic heterocycles. The maximum atomic E-state index is 3.76. The molecule has 23 heavy (non-hydrogen) atoms. The molecule has 122 valence electrons. The van der Waals surface area contributed by atoms with E-state index in [0.29, 0.717) is 6.04 Å². The number of benzene rings is 2. The smallest absolute Gasteiger partial charge is 0.0374 e. The van der Waals surface area contributed by atoms with Crippen LogP contribution in [0.5, 0.6) is 0 Å². The molecule has 0 radical (unpaired) electrons. The van der Waals surface area contributed by atoms with Crippen molar-refractivity contribution in [1.82, 2.24) is 4.90 Å². The zero-order chi connectivity index (χ0) is 16.2. The second-order valence-corrected chi connectivity index (χ2v) is 6.94. The van der Waals surface area contributed by atoms with E-state index in [4.69, 9.17) is 0 Å². The van der Waals surface area contributed by atoms with Crippen molar-refractivity contribution in [3.05, 3.63) is 64.7 Å². The lowest BCUT2D eigenvalue weighted by Gasteiger charge is -2.33. The van der Waals surface area contributed by atoms with Crippen LogP contribution >= 0.6 is 0 Å². The summed E-state index contributed by atoms with van der Waals surface area (Å²) in [6.07, 6.45) is 2.44. The lowest BCUT2D eigenvalue weighted by Crippen LogP contribution is -2.38. The minimum Gasteiger partial charge on any atom is -0.382 e. The SMILES string of the molecule is Cc1ccc(C)c(NC2CCN(Cc3ccccc3C)CC2)c1. The number of anilines is 1. The third kappa shape index (κ3) is 4.14. The molecule has 1 heterocycles. The summed E-state index contributed by atoms with van der Waals surface area (Å²) < 4.78 is 0. The number of piperidine rings is 1. The van der Waals surface area contributed by atoms with Crippen LogP contribution in [-0.4, -0.2) is 24.0 Å². The molecule has 2 aromatic carbocycles. The highest BCUT2D eigenvalue weighted by atomic mass is 15.1. The highest BCUT2D eigenvalue weighted by molar-refractivity contribution is 5.53. The molecule has 3 rings (SSSR count). The molecule has 0 atom stereocenters.